The van der Waals surface area contributed by atoms with E-state index in [-0.39, 0.29) is 11.3 Å². The Hall–Kier alpha value is -1.60. The number of benzene rings is 1. The number of carboxylic acid groups (broad SMARTS) is 1. The number of aliphatic carboxylic acids is 1. The molecule has 6 nitrogen and oxygen atoms in total. The molecular weight excluding hydrogens is 294 g/mol. The number of nitrogens with one attached hydrogen (secondary N) is 1. The molecular formula is C14H21NO5S. The maximum Gasteiger partial charge on any atom is 0.324 e. The monoisotopic (exact) mass is 315 g/mol. The molecule has 1 unspecified atom stereocenters. The van der Waals surface area contributed by atoms with Gasteiger partial charge in [0.05, 0.1) is 12.0 Å². The summed E-state index contributed by atoms with van der Waals surface area (Å²) in [6.45, 7) is 6.26. The molecule has 1 rings (SSSR count). The highest BCUT2D eigenvalue weighted by Crippen LogP contribution is 2.27. The van der Waals surface area contributed by atoms with Gasteiger partial charge in [-0.15, -0.1) is 0 Å². The van der Waals surface area contributed by atoms with Gasteiger partial charge in [-0.1, -0.05) is 6.92 Å². The fourth-order valence-corrected chi connectivity index (χ4v) is 3.96. The molecule has 1 aromatic carbocycles. The molecule has 0 saturated carbocycles. The molecule has 0 aliphatic heterocycles. The van der Waals surface area contributed by atoms with Crippen molar-refractivity contribution in [2.45, 2.75) is 44.6 Å². The molecule has 0 heterocycles. The van der Waals surface area contributed by atoms with Crippen LogP contribution in [-0.4, -0.2) is 32.1 Å². The molecule has 0 radical (unpaired) electrons. The third-order valence-electron chi connectivity index (χ3n) is 3.48. The van der Waals surface area contributed by atoms with Crippen LogP contribution in [-0.2, 0) is 14.8 Å². The van der Waals surface area contributed by atoms with Crippen LogP contribution in [0, 0.1) is 13.8 Å². The Balaban J connectivity index is 3.36. The van der Waals surface area contributed by atoms with Crippen molar-refractivity contribution in [3.63, 3.8) is 0 Å². The summed E-state index contributed by atoms with van der Waals surface area (Å²) in [4.78, 5) is 11.4. The minimum atomic E-state index is -3.95. The molecule has 0 aliphatic carbocycles. The number of aryl methyl sites for hydroxylation is 2. The van der Waals surface area contributed by atoms with E-state index in [4.69, 9.17) is 4.74 Å². The SMILES string of the molecule is CCC(C)(NS(=O)(=O)c1c(C)cc(OC)cc1C)C(=O)O. The highest BCUT2D eigenvalue weighted by atomic mass is 32.2. The van der Waals surface area contributed by atoms with Gasteiger partial charge in [-0.3, -0.25) is 4.79 Å². The van der Waals surface area contributed by atoms with Crippen LogP contribution in [0.5, 0.6) is 5.75 Å². The topological polar surface area (TPSA) is 92.7 Å². The van der Waals surface area contributed by atoms with Crippen molar-refractivity contribution in [3.8, 4) is 5.75 Å². The third kappa shape index (κ3) is 3.54. The Bertz CT molecular complexity index is 630. The molecule has 7 heteroatoms. The summed E-state index contributed by atoms with van der Waals surface area (Å²) >= 11 is 0. The molecule has 118 valence electrons. The van der Waals surface area contributed by atoms with Crippen LogP contribution in [0.2, 0.25) is 0 Å². The number of carbonyl (C=O) groups is 1. The number of hydrogen-bond donors (Lipinski definition) is 2. The van der Waals surface area contributed by atoms with E-state index in [0.29, 0.717) is 16.9 Å². The first-order chi connectivity index (χ1) is 9.57. The Morgan fingerprint density at radius 3 is 2.14 bits per heavy atom. The molecule has 1 aromatic rings. The molecule has 21 heavy (non-hydrogen) atoms. The fraction of sp³-hybridized carbons (Fsp3) is 0.500. The van der Waals surface area contributed by atoms with Crippen molar-refractivity contribution < 1.29 is 23.1 Å². The minimum absolute atomic E-state index is 0.0872. The van der Waals surface area contributed by atoms with Crippen molar-refractivity contribution in [2.75, 3.05) is 7.11 Å². The Kier molecular flexibility index (Phi) is 5.01. The molecule has 2 N–H and O–H groups in total. The lowest BCUT2D eigenvalue weighted by atomic mass is 10.0. The van der Waals surface area contributed by atoms with E-state index in [0.717, 1.165) is 0 Å². The van der Waals surface area contributed by atoms with Crippen molar-refractivity contribution in [3.05, 3.63) is 23.3 Å². The Morgan fingerprint density at radius 1 is 1.33 bits per heavy atom. The van der Waals surface area contributed by atoms with E-state index in [1.54, 1.807) is 32.9 Å². The van der Waals surface area contributed by atoms with Gasteiger partial charge in [0, 0.05) is 0 Å². The highest BCUT2D eigenvalue weighted by Gasteiger charge is 2.37. The van der Waals surface area contributed by atoms with Gasteiger partial charge in [0.15, 0.2) is 0 Å². The first kappa shape index (κ1) is 17.5. The van der Waals surface area contributed by atoms with Gasteiger partial charge < -0.3 is 9.84 Å². The van der Waals surface area contributed by atoms with Crippen molar-refractivity contribution in [1.29, 1.82) is 0 Å². The van der Waals surface area contributed by atoms with Gasteiger partial charge in [-0.05, 0) is 50.5 Å². The quantitative estimate of drug-likeness (QED) is 0.835. The zero-order valence-corrected chi connectivity index (χ0v) is 13.7. The van der Waals surface area contributed by atoms with Crippen molar-refractivity contribution in [1.82, 2.24) is 4.72 Å². The van der Waals surface area contributed by atoms with Gasteiger partial charge in [0.1, 0.15) is 11.3 Å². The molecule has 0 fully saturated rings. The first-order valence-corrected chi connectivity index (χ1v) is 7.98. The summed E-state index contributed by atoms with van der Waals surface area (Å²) in [5, 5.41) is 9.22. The second-order valence-electron chi connectivity index (χ2n) is 5.19. The van der Waals surface area contributed by atoms with Gasteiger partial charge in [0.25, 0.3) is 0 Å². The lowest BCUT2D eigenvalue weighted by Crippen LogP contribution is -2.51. The summed E-state index contributed by atoms with van der Waals surface area (Å²) in [6.07, 6.45) is 0.135. The summed E-state index contributed by atoms with van der Waals surface area (Å²) in [7, 11) is -2.45. The van der Waals surface area contributed by atoms with Crippen molar-refractivity contribution in [2.24, 2.45) is 0 Å². The maximum absolute atomic E-state index is 12.5. The van der Waals surface area contributed by atoms with Gasteiger partial charge >= 0.3 is 5.97 Å². The van der Waals surface area contributed by atoms with Crippen molar-refractivity contribution >= 4 is 16.0 Å². The van der Waals surface area contributed by atoms with E-state index >= 15 is 0 Å². The van der Waals surface area contributed by atoms with Crippen LogP contribution >= 0.6 is 0 Å². The van der Waals surface area contributed by atoms with Gasteiger partial charge in [0.2, 0.25) is 10.0 Å². The average Bonchev–Trinajstić information content (AvgIpc) is 2.36. The van der Waals surface area contributed by atoms with Crippen LogP contribution < -0.4 is 9.46 Å². The van der Waals surface area contributed by atoms with E-state index in [2.05, 4.69) is 4.72 Å². The van der Waals surface area contributed by atoms with E-state index < -0.39 is 21.5 Å². The molecule has 1 atom stereocenters. The smallest absolute Gasteiger partial charge is 0.324 e. The van der Waals surface area contributed by atoms with E-state index in [9.17, 15) is 18.3 Å². The Morgan fingerprint density at radius 2 is 1.81 bits per heavy atom. The minimum Gasteiger partial charge on any atom is -0.497 e. The third-order valence-corrected chi connectivity index (χ3v) is 5.38. The normalized spacial score (nSPS) is 14.5. The second-order valence-corrected chi connectivity index (χ2v) is 6.81. The van der Waals surface area contributed by atoms with Crippen LogP contribution in [0.15, 0.2) is 17.0 Å². The van der Waals surface area contributed by atoms with E-state index in [1.165, 1.54) is 14.0 Å². The predicted molar refractivity (Wildman–Crippen MR) is 79.1 cm³/mol. The maximum atomic E-state index is 12.5. The summed E-state index contributed by atoms with van der Waals surface area (Å²) in [6, 6.07) is 3.21. The molecule has 0 bridgehead atoms. The van der Waals surface area contributed by atoms with E-state index in [1.807, 2.05) is 0 Å². The van der Waals surface area contributed by atoms with Crippen LogP contribution in [0.4, 0.5) is 0 Å². The lowest BCUT2D eigenvalue weighted by Gasteiger charge is -2.25. The van der Waals surface area contributed by atoms with Gasteiger partial charge in [-0.2, -0.15) is 4.72 Å². The molecule has 0 aliphatic rings. The average molecular weight is 315 g/mol. The number of hydrogen-bond acceptors (Lipinski definition) is 4. The molecule has 0 spiro atoms. The van der Waals surface area contributed by atoms with Gasteiger partial charge in [-0.25, -0.2) is 8.42 Å². The number of methoxy groups -OCH3 is 1. The summed E-state index contributed by atoms with van der Waals surface area (Å²) < 4.78 is 32.5. The van der Waals surface area contributed by atoms with Crippen LogP contribution in [0.3, 0.4) is 0 Å². The lowest BCUT2D eigenvalue weighted by molar-refractivity contribution is -0.143. The largest absolute Gasteiger partial charge is 0.497 e. The standard InChI is InChI=1S/C14H21NO5S/c1-6-14(4,13(16)17)15-21(18,19)12-9(2)7-11(20-5)8-10(12)3/h7-8,15H,6H2,1-5H3,(H,16,17). The summed E-state index contributed by atoms with van der Waals surface area (Å²) in [5.74, 6) is -0.655. The second kappa shape index (κ2) is 6.03. The number of ether oxygens (including phenoxy) is 1. The number of carboxylic acids is 1. The zero-order chi connectivity index (χ0) is 16.4. The van der Waals surface area contributed by atoms with Crippen LogP contribution in [0.25, 0.3) is 0 Å². The number of rotatable bonds is 6. The zero-order valence-electron chi connectivity index (χ0n) is 12.9. The fourth-order valence-electron chi connectivity index (χ4n) is 2.07. The molecule has 0 amide bonds. The number of sulfonamides is 1. The predicted octanol–water partition coefficient (Wildman–Crippen LogP) is 1.84. The summed E-state index contributed by atoms with van der Waals surface area (Å²) in [5.41, 5.74) is -0.538. The molecule has 0 aromatic heterocycles. The van der Waals surface area contributed by atoms with Crippen LogP contribution in [0.1, 0.15) is 31.4 Å². The highest BCUT2D eigenvalue weighted by molar-refractivity contribution is 7.89. The Labute approximate surface area is 125 Å². The molecule has 0 saturated heterocycles. The first-order valence-electron chi connectivity index (χ1n) is 6.50.